The van der Waals surface area contributed by atoms with Gasteiger partial charge >= 0.3 is 0 Å². The van der Waals surface area contributed by atoms with Crippen LogP contribution in [0.5, 0.6) is 0 Å². The van der Waals surface area contributed by atoms with Crippen molar-refractivity contribution < 1.29 is 22.7 Å². The molecule has 0 aromatic carbocycles. The van der Waals surface area contributed by atoms with Crippen LogP contribution in [-0.2, 0) is 24.3 Å². The summed E-state index contributed by atoms with van der Waals surface area (Å²) in [4.78, 5) is 12.9. The predicted molar refractivity (Wildman–Crippen MR) is 60.8 cm³/mol. The van der Waals surface area contributed by atoms with E-state index in [0.29, 0.717) is 26.4 Å². The molecule has 1 unspecified atom stereocenters. The molecule has 0 saturated carbocycles. The van der Waals surface area contributed by atoms with Crippen LogP contribution in [0.1, 0.15) is 6.42 Å². The largest absolute Gasteiger partial charge is 0.382 e. The number of rotatable bonds is 7. The molecule has 0 radical (unpaired) electrons. The van der Waals surface area contributed by atoms with E-state index in [4.69, 9.17) is 14.6 Å². The van der Waals surface area contributed by atoms with E-state index in [1.807, 2.05) is 0 Å². The molecule has 2 N–H and O–H groups in total. The van der Waals surface area contributed by atoms with Gasteiger partial charge < -0.3 is 14.4 Å². The van der Waals surface area contributed by atoms with Crippen molar-refractivity contribution in [3.63, 3.8) is 0 Å². The van der Waals surface area contributed by atoms with E-state index in [1.54, 1.807) is 7.11 Å². The smallest absolute Gasteiger partial charge is 0.224 e. The molecule has 0 bridgehead atoms. The van der Waals surface area contributed by atoms with Gasteiger partial charge in [0.1, 0.15) is 5.25 Å². The van der Waals surface area contributed by atoms with E-state index in [1.165, 1.54) is 4.90 Å². The Labute approximate surface area is 101 Å². The van der Waals surface area contributed by atoms with Crippen LogP contribution in [0.25, 0.3) is 0 Å². The van der Waals surface area contributed by atoms with Gasteiger partial charge in [0.25, 0.3) is 0 Å². The molecule has 0 aromatic rings. The summed E-state index contributed by atoms with van der Waals surface area (Å²) in [5.74, 6) is -0.195. The third-order valence-corrected chi connectivity index (χ3v) is 3.83. The van der Waals surface area contributed by atoms with Gasteiger partial charge in [0, 0.05) is 26.6 Å². The van der Waals surface area contributed by atoms with Crippen LogP contribution in [0.4, 0.5) is 0 Å². The first-order valence-electron chi connectivity index (χ1n) is 5.31. The highest BCUT2D eigenvalue weighted by atomic mass is 32.2. The van der Waals surface area contributed by atoms with Gasteiger partial charge in [-0.1, -0.05) is 0 Å². The topological polar surface area (TPSA) is 98.9 Å². The number of nitrogens with zero attached hydrogens (tertiary/aromatic N) is 1. The third-order valence-electron chi connectivity index (χ3n) is 2.58. The van der Waals surface area contributed by atoms with Crippen molar-refractivity contribution in [2.45, 2.75) is 11.7 Å². The minimum atomic E-state index is -3.63. The van der Waals surface area contributed by atoms with Gasteiger partial charge in [0.15, 0.2) is 0 Å². The summed E-state index contributed by atoms with van der Waals surface area (Å²) in [7, 11) is -2.06. The van der Waals surface area contributed by atoms with Crippen LogP contribution < -0.4 is 5.14 Å². The second-order valence-corrected chi connectivity index (χ2v) is 5.70. The van der Waals surface area contributed by atoms with Crippen molar-refractivity contribution in [2.75, 3.05) is 40.0 Å². The Morgan fingerprint density at radius 1 is 1.41 bits per heavy atom. The summed E-state index contributed by atoms with van der Waals surface area (Å²) in [5, 5.41) is 4.22. The number of hydrogen-bond donors (Lipinski definition) is 1. The quantitative estimate of drug-likeness (QED) is 0.568. The predicted octanol–water partition coefficient (Wildman–Crippen LogP) is -1.46. The average molecular weight is 266 g/mol. The van der Waals surface area contributed by atoms with E-state index >= 15 is 0 Å². The number of methoxy groups -OCH3 is 1. The van der Waals surface area contributed by atoms with Crippen LogP contribution in [0, 0.1) is 0 Å². The fourth-order valence-electron chi connectivity index (χ4n) is 1.59. The fraction of sp³-hybridized carbons (Fsp3) is 0.889. The molecule has 1 aliphatic heterocycles. The molecule has 1 amide bonds. The zero-order valence-electron chi connectivity index (χ0n) is 9.79. The molecular weight excluding hydrogens is 248 g/mol. The zero-order valence-corrected chi connectivity index (χ0v) is 10.6. The number of primary sulfonamides is 1. The number of nitrogens with two attached hydrogens (primary N) is 1. The molecule has 0 aromatic heterocycles. The summed E-state index contributed by atoms with van der Waals surface area (Å²) < 4.78 is 32.2. The van der Waals surface area contributed by atoms with Gasteiger partial charge in [0.2, 0.25) is 15.9 Å². The number of hydrogen-bond acceptors (Lipinski definition) is 5. The van der Waals surface area contributed by atoms with E-state index in [0.717, 1.165) is 0 Å². The van der Waals surface area contributed by atoms with E-state index in [2.05, 4.69) is 0 Å². The van der Waals surface area contributed by atoms with Crippen LogP contribution >= 0.6 is 0 Å². The Morgan fingerprint density at radius 2 is 2.12 bits per heavy atom. The van der Waals surface area contributed by atoms with E-state index in [9.17, 15) is 13.2 Å². The van der Waals surface area contributed by atoms with Crippen molar-refractivity contribution in [1.29, 1.82) is 0 Å². The normalized spacial score (nSPS) is 21.2. The maximum absolute atomic E-state index is 11.5. The third kappa shape index (κ3) is 4.58. The number of amides is 1. The molecular formula is C9H18N2O5S. The molecule has 0 spiro atoms. The molecule has 7 nitrogen and oxygen atoms in total. The molecule has 1 fully saturated rings. The highest BCUT2D eigenvalue weighted by molar-refractivity contribution is 7.89. The molecule has 0 aliphatic carbocycles. The SMILES string of the molecule is COCCOCCN1CC(S(N)(=O)=O)CC1=O. The molecule has 1 saturated heterocycles. The lowest BCUT2D eigenvalue weighted by atomic mass is 10.4. The number of ether oxygens (including phenoxy) is 2. The summed E-state index contributed by atoms with van der Waals surface area (Å²) in [6.07, 6.45) is -0.0308. The lowest BCUT2D eigenvalue weighted by Crippen LogP contribution is -2.33. The maximum Gasteiger partial charge on any atom is 0.224 e. The van der Waals surface area contributed by atoms with Gasteiger partial charge in [-0.05, 0) is 0 Å². The van der Waals surface area contributed by atoms with Crippen molar-refractivity contribution in [1.82, 2.24) is 4.90 Å². The highest BCUT2D eigenvalue weighted by Gasteiger charge is 2.35. The first-order chi connectivity index (χ1) is 7.95. The fourth-order valence-corrected chi connectivity index (χ4v) is 2.35. The molecule has 100 valence electrons. The van der Waals surface area contributed by atoms with Gasteiger partial charge in [-0.25, -0.2) is 13.6 Å². The lowest BCUT2D eigenvalue weighted by molar-refractivity contribution is -0.128. The highest BCUT2D eigenvalue weighted by Crippen LogP contribution is 2.15. The Morgan fingerprint density at radius 3 is 2.65 bits per heavy atom. The van der Waals surface area contributed by atoms with Gasteiger partial charge in [-0.3, -0.25) is 4.79 Å². The van der Waals surface area contributed by atoms with Gasteiger partial charge in [-0.15, -0.1) is 0 Å². The van der Waals surface area contributed by atoms with E-state index in [-0.39, 0.29) is 18.9 Å². The zero-order chi connectivity index (χ0) is 12.9. The van der Waals surface area contributed by atoms with Gasteiger partial charge in [0.05, 0.1) is 19.8 Å². The van der Waals surface area contributed by atoms with Crippen molar-refractivity contribution in [3.8, 4) is 0 Å². The molecule has 1 heterocycles. The van der Waals surface area contributed by atoms with Crippen LogP contribution in [-0.4, -0.2) is 64.5 Å². The molecule has 17 heavy (non-hydrogen) atoms. The second-order valence-electron chi connectivity index (χ2n) is 3.86. The summed E-state index contributed by atoms with van der Waals surface area (Å²) in [6, 6.07) is 0. The Bertz CT molecular complexity index is 356. The Hall–Kier alpha value is -0.700. The van der Waals surface area contributed by atoms with Gasteiger partial charge in [-0.2, -0.15) is 0 Å². The molecule has 1 aliphatic rings. The minimum absolute atomic E-state index is 0.0308. The summed E-state index contributed by atoms with van der Waals surface area (Å²) in [6.45, 7) is 1.86. The van der Waals surface area contributed by atoms with Crippen molar-refractivity contribution >= 4 is 15.9 Å². The number of likely N-dealkylation sites (tertiary alicyclic amines) is 1. The van der Waals surface area contributed by atoms with Crippen LogP contribution in [0.15, 0.2) is 0 Å². The summed E-state index contributed by atoms with van der Waals surface area (Å²) >= 11 is 0. The summed E-state index contributed by atoms with van der Waals surface area (Å²) in [5.41, 5.74) is 0. The average Bonchev–Trinajstić information content (AvgIpc) is 2.60. The minimum Gasteiger partial charge on any atom is -0.382 e. The van der Waals surface area contributed by atoms with Crippen LogP contribution in [0.2, 0.25) is 0 Å². The number of carbonyl (C=O) groups is 1. The number of carbonyl (C=O) groups excluding carboxylic acids is 1. The number of sulfonamides is 1. The van der Waals surface area contributed by atoms with Crippen molar-refractivity contribution in [3.05, 3.63) is 0 Å². The monoisotopic (exact) mass is 266 g/mol. The first kappa shape index (κ1) is 14.4. The maximum atomic E-state index is 11.5. The molecule has 8 heteroatoms. The first-order valence-corrected chi connectivity index (χ1v) is 6.92. The Kier molecular flexibility index (Phi) is 5.31. The van der Waals surface area contributed by atoms with E-state index < -0.39 is 15.3 Å². The van der Waals surface area contributed by atoms with Crippen LogP contribution in [0.3, 0.4) is 0 Å². The standard InChI is InChI=1S/C9H18N2O5S/c1-15-4-5-16-3-2-11-7-8(6-9(11)12)17(10,13)14/h8H,2-7H2,1H3,(H2,10,13,14). The lowest BCUT2D eigenvalue weighted by Gasteiger charge is -2.15. The van der Waals surface area contributed by atoms with Crippen molar-refractivity contribution in [2.24, 2.45) is 5.14 Å². The second kappa shape index (κ2) is 6.29. The molecule has 1 rings (SSSR count). The molecule has 1 atom stereocenters. The Balaban J connectivity index is 2.29.